The predicted octanol–water partition coefficient (Wildman–Crippen LogP) is 4.16. The Labute approximate surface area is 202 Å². The number of carbonyl (C=O) groups excluding carboxylic acids is 1. The van der Waals surface area contributed by atoms with E-state index in [4.69, 9.17) is 0 Å². The second-order valence-corrected chi connectivity index (χ2v) is 9.11. The molecule has 0 fully saturated rings. The van der Waals surface area contributed by atoms with Crippen LogP contribution in [0.15, 0.2) is 58.5 Å². The van der Waals surface area contributed by atoms with Crippen molar-refractivity contribution in [2.75, 3.05) is 25.0 Å². The number of carbonyl (C=O) groups is 1. The molecule has 34 heavy (non-hydrogen) atoms. The molecule has 1 atom stereocenters. The minimum absolute atomic E-state index is 0.101. The van der Waals surface area contributed by atoms with Gasteiger partial charge in [-0.25, -0.2) is 4.98 Å². The van der Waals surface area contributed by atoms with Crippen LogP contribution in [0.25, 0.3) is 10.9 Å². The standard InChI is InChI=1S/C24H29N5O4S/c1-4-27(5-2)14-9-15-28-23(31)20-12-6-7-13-21(20)26-24(28)34-17(3)22(30)25-18-10-8-11-19(16-18)29(32)33/h6-8,10-13,16-17H,4-5,9,14-15H2,1-3H3,(H,25,30). The number of thioether (sulfide) groups is 1. The molecule has 10 heteroatoms. The van der Waals surface area contributed by atoms with Gasteiger partial charge in [-0.2, -0.15) is 0 Å². The van der Waals surface area contributed by atoms with Crippen molar-refractivity contribution in [2.24, 2.45) is 0 Å². The summed E-state index contributed by atoms with van der Waals surface area (Å²) < 4.78 is 1.65. The van der Waals surface area contributed by atoms with Crippen LogP contribution in [-0.2, 0) is 11.3 Å². The van der Waals surface area contributed by atoms with Gasteiger partial charge in [-0.15, -0.1) is 0 Å². The van der Waals surface area contributed by atoms with Crippen molar-refractivity contribution in [2.45, 2.75) is 44.1 Å². The summed E-state index contributed by atoms with van der Waals surface area (Å²) in [5, 5.41) is 14.2. The number of hydrogen-bond donors (Lipinski definition) is 1. The topological polar surface area (TPSA) is 110 Å². The first-order chi connectivity index (χ1) is 16.3. The Hall–Kier alpha value is -3.24. The first kappa shape index (κ1) is 25.4. The summed E-state index contributed by atoms with van der Waals surface area (Å²) >= 11 is 1.20. The van der Waals surface area contributed by atoms with Gasteiger partial charge < -0.3 is 10.2 Å². The van der Waals surface area contributed by atoms with Crippen molar-refractivity contribution >= 4 is 39.9 Å². The fraction of sp³-hybridized carbons (Fsp3) is 0.375. The van der Waals surface area contributed by atoms with Crippen LogP contribution in [0.4, 0.5) is 11.4 Å². The van der Waals surface area contributed by atoms with Gasteiger partial charge in [-0.1, -0.05) is 43.8 Å². The minimum Gasteiger partial charge on any atom is -0.325 e. The van der Waals surface area contributed by atoms with Crippen LogP contribution < -0.4 is 10.9 Å². The quantitative estimate of drug-likeness (QED) is 0.189. The largest absolute Gasteiger partial charge is 0.325 e. The van der Waals surface area contributed by atoms with E-state index in [1.54, 1.807) is 29.7 Å². The van der Waals surface area contributed by atoms with Crippen LogP contribution in [0.3, 0.4) is 0 Å². The first-order valence-corrected chi connectivity index (χ1v) is 12.2. The maximum absolute atomic E-state index is 13.2. The zero-order valence-electron chi connectivity index (χ0n) is 19.6. The molecule has 0 aliphatic heterocycles. The fourth-order valence-corrected chi connectivity index (χ4v) is 4.51. The van der Waals surface area contributed by atoms with Crippen molar-refractivity contribution < 1.29 is 9.72 Å². The number of fused-ring (bicyclic) bond motifs is 1. The van der Waals surface area contributed by atoms with Crippen molar-refractivity contribution in [3.05, 3.63) is 69.0 Å². The molecular formula is C24H29N5O4S. The molecule has 0 spiro atoms. The Morgan fingerprint density at radius 1 is 1.21 bits per heavy atom. The molecule has 1 amide bonds. The highest BCUT2D eigenvalue weighted by Crippen LogP contribution is 2.25. The number of non-ortho nitro benzene ring substituents is 1. The SMILES string of the molecule is CCN(CC)CCCn1c(SC(C)C(=O)Nc2cccc([N+](=O)[O-])c2)nc2ccccc2c1=O. The average molecular weight is 484 g/mol. The van der Waals surface area contributed by atoms with E-state index in [-0.39, 0.29) is 17.2 Å². The number of nitro benzene ring substituents is 1. The fourth-order valence-electron chi connectivity index (χ4n) is 3.58. The molecule has 3 aromatic rings. The third kappa shape index (κ3) is 6.21. The molecule has 1 aromatic heterocycles. The molecule has 0 bridgehead atoms. The van der Waals surface area contributed by atoms with E-state index >= 15 is 0 Å². The Morgan fingerprint density at radius 3 is 2.65 bits per heavy atom. The van der Waals surface area contributed by atoms with Crippen LogP contribution in [0, 0.1) is 10.1 Å². The highest BCUT2D eigenvalue weighted by Gasteiger charge is 2.20. The van der Waals surface area contributed by atoms with Crippen LogP contribution in [-0.4, -0.2) is 50.2 Å². The van der Waals surface area contributed by atoms with Gasteiger partial charge in [0.15, 0.2) is 5.16 Å². The Kier molecular flexibility index (Phi) is 8.78. The van der Waals surface area contributed by atoms with Gasteiger partial charge in [0.05, 0.1) is 21.1 Å². The van der Waals surface area contributed by atoms with E-state index in [1.807, 2.05) is 12.1 Å². The number of amides is 1. The molecule has 180 valence electrons. The molecule has 0 saturated carbocycles. The number of nitrogens with zero attached hydrogens (tertiary/aromatic N) is 4. The first-order valence-electron chi connectivity index (χ1n) is 11.3. The molecule has 0 aliphatic carbocycles. The van der Waals surface area contributed by atoms with Crippen molar-refractivity contribution in [3.8, 4) is 0 Å². The third-order valence-electron chi connectivity index (χ3n) is 5.55. The molecule has 0 saturated heterocycles. The number of nitrogens with one attached hydrogen (secondary N) is 1. The van der Waals surface area contributed by atoms with Gasteiger partial charge in [0, 0.05) is 24.4 Å². The molecule has 0 aliphatic rings. The van der Waals surface area contributed by atoms with E-state index in [9.17, 15) is 19.7 Å². The second-order valence-electron chi connectivity index (χ2n) is 7.81. The summed E-state index contributed by atoms with van der Waals surface area (Å²) in [6, 6.07) is 13.0. The minimum atomic E-state index is -0.582. The summed E-state index contributed by atoms with van der Waals surface area (Å²) in [6.07, 6.45) is 0.781. The number of rotatable bonds is 11. The summed E-state index contributed by atoms with van der Waals surface area (Å²) in [4.78, 5) is 43.5. The Balaban J connectivity index is 1.82. The molecule has 9 nitrogen and oxygen atoms in total. The summed E-state index contributed by atoms with van der Waals surface area (Å²) in [5.74, 6) is -0.331. The van der Waals surface area contributed by atoms with Gasteiger partial charge in [0.1, 0.15) is 0 Å². The van der Waals surface area contributed by atoms with Crippen molar-refractivity contribution in [1.29, 1.82) is 0 Å². The molecule has 1 unspecified atom stereocenters. The van der Waals surface area contributed by atoms with Gasteiger partial charge in [-0.3, -0.25) is 24.3 Å². The number of hydrogen-bond acceptors (Lipinski definition) is 7. The second kappa shape index (κ2) is 11.8. The number of anilines is 1. The van der Waals surface area contributed by atoms with Gasteiger partial charge >= 0.3 is 0 Å². The van der Waals surface area contributed by atoms with Gasteiger partial charge in [0.25, 0.3) is 11.2 Å². The lowest BCUT2D eigenvalue weighted by molar-refractivity contribution is -0.384. The van der Waals surface area contributed by atoms with Crippen LogP contribution in [0.5, 0.6) is 0 Å². The van der Waals surface area contributed by atoms with Crippen LogP contribution in [0.2, 0.25) is 0 Å². The highest BCUT2D eigenvalue weighted by molar-refractivity contribution is 8.00. The van der Waals surface area contributed by atoms with E-state index in [0.29, 0.717) is 28.3 Å². The van der Waals surface area contributed by atoms with Crippen LogP contribution in [0.1, 0.15) is 27.2 Å². The zero-order chi connectivity index (χ0) is 24.7. The van der Waals surface area contributed by atoms with E-state index in [0.717, 1.165) is 26.1 Å². The summed E-state index contributed by atoms with van der Waals surface area (Å²) in [7, 11) is 0. The van der Waals surface area contributed by atoms with Crippen molar-refractivity contribution in [1.82, 2.24) is 14.5 Å². The Bertz CT molecular complexity index is 1230. The molecule has 1 N–H and O–H groups in total. The number of para-hydroxylation sites is 1. The van der Waals surface area contributed by atoms with Crippen molar-refractivity contribution in [3.63, 3.8) is 0 Å². The highest BCUT2D eigenvalue weighted by atomic mass is 32.2. The lowest BCUT2D eigenvalue weighted by atomic mass is 10.2. The molecule has 2 aromatic carbocycles. The predicted molar refractivity (Wildman–Crippen MR) is 135 cm³/mol. The number of benzene rings is 2. The van der Waals surface area contributed by atoms with Gasteiger partial charge in [-0.05, 0) is 51.2 Å². The lowest BCUT2D eigenvalue weighted by Gasteiger charge is -2.20. The summed E-state index contributed by atoms with van der Waals surface area (Å²) in [5.41, 5.74) is 0.700. The van der Waals surface area contributed by atoms with E-state index in [2.05, 4.69) is 29.0 Å². The Morgan fingerprint density at radius 2 is 1.94 bits per heavy atom. The molecule has 0 radical (unpaired) electrons. The van der Waals surface area contributed by atoms with E-state index in [1.165, 1.54) is 30.0 Å². The summed E-state index contributed by atoms with van der Waals surface area (Å²) in [6.45, 7) is 9.18. The monoisotopic (exact) mass is 483 g/mol. The van der Waals surface area contributed by atoms with Crippen LogP contribution >= 0.6 is 11.8 Å². The maximum atomic E-state index is 13.2. The van der Waals surface area contributed by atoms with E-state index < -0.39 is 10.2 Å². The average Bonchev–Trinajstić information content (AvgIpc) is 2.83. The molecule has 1 heterocycles. The zero-order valence-corrected chi connectivity index (χ0v) is 20.4. The number of aromatic nitrogens is 2. The lowest BCUT2D eigenvalue weighted by Crippen LogP contribution is -2.29. The molecule has 3 rings (SSSR count). The maximum Gasteiger partial charge on any atom is 0.271 e. The van der Waals surface area contributed by atoms with Gasteiger partial charge in [0.2, 0.25) is 5.91 Å². The smallest absolute Gasteiger partial charge is 0.271 e. The third-order valence-corrected chi connectivity index (χ3v) is 6.64. The normalized spacial score (nSPS) is 12.1. The molecular weight excluding hydrogens is 454 g/mol. The number of nitro groups is 1.